The fourth-order valence-corrected chi connectivity index (χ4v) is 4.11. The summed E-state index contributed by atoms with van der Waals surface area (Å²) in [6.45, 7) is 1.78. The molecule has 1 atom stereocenters. The summed E-state index contributed by atoms with van der Waals surface area (Å²) >= 11 is 0. The summed E-state index contributed by atoms with van der Waals surface area (Å²) in [4.78, 5) is 20.0. The monoisotopic (exact) mass is 447 g/mol. The molecule has 0 fully saturated rings. The number of aryl methyl sites for hydroxylation is 1. The number of aromatic amines is 1. The summed E-state index contributed by atoms with van der Waals surface area (Å²) in [5.74, 6) is -0.242. The number of H-pyrrole nitrogens is 1. The van der Waals surface area contributed by atoms with Crippen molar-refractivity contribution in [2.45, 2.75) is 12.8 Å². The Morgan fingerprint density at radius 3 is 2.38 bits per heavy atom. The second-order valence-corrected chi connectivity index (χ2v) is 7.64. The van der Waals surface area contributed by atoms with Gasteiger partial charge in [0.1, 0.15) is 23.3 Å². The van der Waals surface area contributed by atoms with Crippen molar-refractivity contribution in [3.8, 4) is 35.2 Å². The molecule has 0 aliphatic carbocycles. The Balaban J connectivity index is 1.75. The van der Waals surface area contributed by atoms with E-state index in [-0.39, 0.29) is 34.5 Å². The lowest BCUT2D eigenvalue weighted by molar-refractivity contribution is 0.365. The van der Waals surface area contributed by atoms with Crippen LogP contribution < -0.4 is 16.0 Å². The topological polar surface area (TPSA) is 146 Å². The second-order valence-electron chi connectivity index (χ2n) is 7.64. The highest BCUT2D eigenvalue weighted by Crippen LogP contribution is 2.44. The molecule has 0 spiro atoms. The van der Waals surface area contributed by atoms with Crippen molar-refractivity contribution in [2.24, 2.45) is 5.73 Å². The molecule has 0 saturated carbocycles. The van der Waals surface area contributed by atoms with Crippen molar-refractivity contribution in [3.05, 3.63) is 105 Å². The van der Waals surface area contributed by atoms with Gasteiger partial charge in [-0.1, -0.05) is 60.7 Å². The van der Waals surface area contributed by atoms with Crippen molar-refractivity contribution >= 4 is 0 Å². The van der Waals surface area contributed by atoms with Gasteiger partial charge in [0, 0.05) is 5.56 Å². The van der Waals surface area contributed by atoms with Crippen molar-refractivity contribution in [1.82, 2.24) is 19.7 Å². The van der Waals surface area contributed by atoms with Gasteiger partial charge in [-0.25, -0.2) is 4.98 Å². The first-order valence-corrected chi connectivity index (χ1v) is 10.4. The van der Waals surface area contributed by atoms with Crippen molar-refractivity contribution in [2.75, 3.05) is 0 Å². The molecule has 9 nitrogen and oxygen atoms in total. The molecule has 3 heterocycles. The Morgan fingerprint density at radius 1 is 1.06 bits per heavy atom. The quantitative estimate of drug-likeness (QED) is 0.491. The number of rotatable bonds is 3. The van der Waals surface area contributed by atoms with E-state index >= 15 is 0 Å². The maximum Gasteiger partial charge on any atom is 0.270 e. The molecular formula is C25H17N7O2. The molecule has 3 N–H and O–H groups in total. The Bertz CT molecular complexity index is 1590. The second kappa shape index (κ2) is 8.08. The molecule has 0 radical (unpaired) electrons. The van der Waals surface area contributed by atoms with Crippen LogP contribution in [0.5, 0.6) is 5.88 Å². The van der Waals surface area contributed by atoms with Crippen molar-refractivity contribution in [3.63, 3.8) is 0 Å². The van der Waals surface area contributed by atoms with E-state index in [9.17, 15) is 15.3 Å². The molecule has 4 aromatic rings. The van der Waals surface area contributed by atoms with E-state index < -0.39 is 11.5 Å². The third-order valence-electron chi connectivity index (χ3n) is 5.63. The molecule has 5 rings (SSSR count). The van der Waals surface area contributed by atoms with E-state index in [1.165, 1.54) is 4.68 Å². The lowest BCUT2D eigenvalue weighted by Crippen LogP contribution is -2.23. The molecule has 34 heavy (non-hydrogen) atoms. The summed E-state index contributed by atoms with van der Waals surface area (Å²) in [5, 5.41) is 23.9. The van der Waals surface area contributed by atoms with Crippen LogP contribution in [0.3, 0.4) is 0 Å². The van der Waals surface area contributed by atoms with Gasteiger partial charge in [0.05, 0.1) is 22.9 Å². The van der Waals surface area contributed by atoms with Gasteiger partial charge in [0.2, 0.25) is 17.7 Å². The number of aromatic nitrogens is 4. The number of allylic oxidation sites excluding steroid dienone is 1. The first-order chi connectivity index (χ1) is 16.5. The average Bonchev–Trinajstić information content (AvgIpc) is 3.19. The molecule has 0 saturated heterocycles. The van der Waals surface area contributed by atoms with Gasteiger partial charge >= 0.3 is 0 Å². The normalized spacial score (nSPS) is 14.6. The summed E-state index contributed by atoms with van der Waals surface area (Å²) in [6, 6.07) is 22.5. The highest BCUT2D eigenvalue weighted by Gasteiger charge is 2.36. The Hall–Kier alpha value is -5.15. The standard InChI is InChI=1S/C25H17N7O2/c1-14-19-20(15-8-4-2-5-9-15)17(12-26)22(28)34-24(19)32(31-14)25-29-21(16-10-6-3-7-11-16)18(13-27)23(33)30-25/h2-11,20H,28H2,1H3,(H,29,30,33). The third kappa shape index (κ3) is 3.20. The molecule has 2 aromatic heterocycles. The third-order valence-corrected chi connectivity index (χ3v) is 5.63. The SMILES string of the molecule is Cc1nn(-c2nc(-c3ccccc3)c(C#N)c(=O)[nH]2)c2c1C(c1ccccc1)C(C#N)=C(N)O2. The van der Waals surface area contributed by atoms with Crippen LogP contribution in [-0.2, 0) is 0 Å². The summed E-state index contributed by atoms with van der Waals surface area (Å²) in [5.41, 5.74) is 8.60. The van der Waals surface area contributed by atoms with Gasteiger partial charge < -0.3 is 10.5 Å². The minimum atomic E-state index is -0.607. The zero-order chi connectivity index (χ0) is 23.8. The van der Waals surface area contributed by atoms with Gasteiger partial charge in [-0.05, 0) is 12.5 Å². The number of fused-ring (bicyclic) bond motifs is 1. The largest absolute Gasteiger partial charge is 0.422 e. The minimum absolute atomic E-state index is 0.0516. The maximum absolute atomic E-state index is 12.8. The molecular weight excluding hydrogens is 430 g/mol. The van der Waals surface area contributed by atoms with Gasteiger partial charge in [0.15, 0.2) is 0 Å². The zero-order valence-corrected chi connectivity index (χ0v) is 18.0. The lowest BCUT2D eigenvalue weighted by atomic mass is 9.84. The van der Waals surface area contributed by atoms with Crippen LogP contribution in [0.4, 0.5) is 0 Å². The van der Waals surface area contributed by atoms with Crippen LogP contribution in [0, 0.1) is 29.6 Å². The summed E-state index contributed by atoms with van der Waals surface area (Å²) in [7, 11) is 0. The summed E-state index contributed by atoms with van der Waals surface area (Å²) in [6.07, 6.45) is 0. The van der Waals surface area contributed by atoms with E-state index in [4.69, 9.17) is 10.5 Å². The maximum atomic E-state index is 12.8. The molecule has 1 aliphatic heterocycles. The van der Waals surface area contributed by atoms with Gasteiger partial charge in [-0.15, -0.1) is 0 Å². The number of nitrogens with two attached hydrogens (primary N) is 1. The van der Waals surface area contributed by atoms with Gasteiger partial charge in [-0.2, -0.15) is 20.3 Å². The van der Waals surface area contributed by atoms with Crippen LogP contribution in [0.15, 0.2) is 76.9 Å². The van der Waals surface area contributed by atoms with E-state index in [0.29, 0.717) is 16.8 Å². The van der Waals surface area contributed by atoms with Gasteiger partial charge in [-0.3, -0.25) is 9.78 Å². The number of hydrogen-bond donors (Lipinski definition) is 2. The predicted octanol–water partition coefficient (Wildman–Crippen LogP) is 3.02. The van der Waals surface area contributed by atoms with Crippen LogP contribution in [0.25, 0.3) is 17.2 Å². The number of ether oxygens (including phenoxy) is 1. The van der Waals surface area contributed by atoms with E-state index in [2.05, 4.69) is 21.1 Å². The van der Waals surface area contributed by atoms with Crippen LogP contribution in [0.2, 0.25) is 0 Å². The van der Waals surface area contributed by atoms with Gasteiger partial charge in [0.25, 0.3) is 5.56 Å². The molecule has 1 aliphatic rings. The van der Waals surface area contributed by atoms with Crippen LogP contribution >= 0.6 is 0 Å². The molecule has 0 amide bonds. The first kappa shape index (κ1) is 20.7. The fourth-order valence-electron chi connectivity index (χ4n) is 4.11. The number of benzene rings is 2. The van der Waals surface area contributed by atoms with E-state index in [1.54, 1.807) is 31.2 Å². The highest BCUT2D eigenvalue weighted by molar-refractivity contribution is 5.66. The van der Waals surface area contributed by atoms with E-state index in [0.717, 1.165) is 5.56 Å². The highest BCUT2D eigenvalue weighted by atomic mass is 16.5. The van der Waals surface area contributed by atoms with Crippen LogP contribution in [-0.4, -0.2) is 19.7 Å². The molecule has 2 aromatic carbocycles. The van der Waals surface area contributed by atoms with Crippen LogP contribution in [0.1, 0.15) is 28.3 Å². The van der Waals surface area contributed by atoms with Crippen molar-refractivity contribution in [1.29, 1.82) is 10.5 Å². The number of nitrogens with one attached hydrogen (secondary N) is 1. The first-order valence-electron chi connectivity index (χ1n) is 10.4. The Kier molecular flexibility index (Phi) is 4.93. The summed E-state index contributed by atoms with van der Waals surface area (Å²) < 4.78 is 7.19. The Morgan fingerprint density at radius 2 is 1.74 bits per heavy atom. The number of nitrogens with zero attached hydrogens (tertiary/aromatic N) is 5. The molecule has 0 bridgehead atoms. The predicted molar refractivity (Wildman–Crippen MR) is 123 cm³/mol. The molecule has 1 unspecified atom stereocenters. The smallest absolute Gasteiger partial charge is 0.270 e. The number of hydrogen-bond acceptors (Lipinski definition) is 7. The minimum Gasteiger partial charge on any atom is -0.422 e. The van der Waals surface area contributed by atoms with Crippen molar-refractivity contribution < 1.29 is 4.74 Å². The fraction of sp³-hybridized carbons (Fsp3) is 0.0800. The molecule has 164 valence electrons. The zero-order valence-electron chi connectivity index (χ0n) is 18.0. The number of nitriles is 2. The van der Waals surface area contributed by atoms with E-state index in [1.807, 2.05) is 42.5 Å². The Labute approximate surface area is 194 Å². The molecule has 9 heteroatoms. The average molecular weight is 447 g/mol. The lowest BCUT2D eigenvalue weighted by Gasteiger charge is -2.24.